The number of Topliss-reactive ketones (excluding diaryl/α,β-unsaturated/α-hetero) is 1. The molecule has 0 aromatic heterocycles. The molecule has 2 aliphatic rings. The summed E-state index contributed by atoms with van der Waals surface area (Å²) in [5.74, 6) is 0.388. The van der Waals surface area contributed by atoms with Crippen molar-refractivity contribution in [2.24, 2.45) is 5.73 Å². The number of rotatable bonds is 5. The van der Waals surface area contributed by atoms with Gasteiger partial charge in [-0.2, -0.15) is 5.26 Å². The number of ketones is 1. The maximum Gasteiger partial charge on any atom is 0.269 e. The first-order valence-corrected chi connectivity index (χ1v) is 11.6. The predicted octanol–water partition coefficient (Wildman–Crippen LogP) is 5.51. The van der Waals surface area contributed by atoms with Crippen molar-refractivity contribution in [2.45, 2.75) is 31.8 Å². The molecule has 33 heavy (non-hydrogen) atoms. The van der Waals surface area contributed by atoms with E-state index < -0.39 is 10.8 Å². The zero-order valence-electron chi connectivity index (χ0n) is 17.1. The van der Waals surface area contributed by atoms with Crippen LogP contribution >= 0.6 is 31.9 Å². The normalized spacial score (nSPS) is 17.8. The number of halogens is 2. The lowest BCUT2D eigenvalue weighted by atomic mass is 9.77. The summed E-state index contributed by atoms with van der Waals surface area (Å²) in [6.07, 6.45) is 1.67. The van der Waals surface area contributed by atoms with Gasteiger partial charge in [-0.3, -0.25) is 14.9 Å². The topological polar surface area (TPSA) is 128 Å². The summed E-state index contributed by atoms with van der Waals surface area (Å²) in [7, 11) is 0. The molecule has 8 nitrogen and oxygen atoms in total. The van der Waals surface area contributed by atoms with E-state index in [-0.39, 0.29) is 29.5 Å². The van der Waals surface area contributed by atoms with E-state index in [0.717, 1.165) is 5.56 Å². The fourth-order valence-corrected chi connectivity index (χ4v) is 5.39. The molecule has 2 aromatic carbocycles. The number of nitrogens with two attached hydrogens (primary N) is 1. The SMILES string of the molecule is N#CC1=C(N)OC2=C(C(=O)CCC2)[C@H]1c1cc(Br)c(OCc2ccc([N+](=O)[O-])cc2)c(Br)c1. The van der Waals surface area contributed by atoms with Crippen molar-refractivity contribution < 1.29 is 19.2 Å². The summed E-state index contributed by atoms with van der Waals surface area (Å²) >= 11 is 7.04. The molecule has 0 spiro atoms. The van der Waals surface area contributed by atoms with Crippen LogP contribution in [0.3, 0.4) is 0 Å². The molecule has 1 heterocycles. The number of non-ortho nitro benzene ring substituents is 1. The first-order chi connectivity index (χ1) is 15.8. The Balaban J connectivity index is 1.65. The van der Waals surface area contributed by atoms with E-state index >= 15 is 0 Å². The number of nitro benzene ring substituents is 1. The van der Waals surface area contributed by atoms with Crippen molar-refractivity contribution in [2.75, 3.05) is 0 Å². The van der Waals surface area contributed by atoms with Gasteiger partial charge in [0.05, 0.1) is 19.8 Å². The molecule has 0 saturated carbocycles. The van der Waals surface area contributed by atoms with E-state index in [1.165, 1.54) is 12.1 Å². The van der Waals surface area contributed by atoms with Crippen LogP contribution < -0.4 is 10.5 Å². The molecule has 0 saturated heterocycles. The van der Waals surface area contributed by atoms with E-state index in [1.54, 1.807) is 24.3 Å². The third-order valence-corrected chi connectivity index (χ3v) is 6.67. The summed E-state index contributed by atoms with van der Waals surface area (Å²) in [5.41, 5.74) is 8.16. The zero-order chi connectivity index (χ0) is 23.7. The highest BCUT2D eigenvalue weighted by Gasteiger charge is 2.38. The molecule has 1 aliphatic carbocycles. The summed E-state index contributed by atoms with van der Waals surface area (Å²) in [6, 6.07) is 11.8. The van der Waals surface area contributed by atoms with Crippen molar-refractivity contribution in [1.82, 2.24) is 0 Å². The second-order valence-corrected chi connectivity index (χ2v) is 9.27. The molecule has 0 unspecified atom stereocenters. The van der Waals surface area contributed by atoms with Crippen molar-refractivity contribution >= 4 is 43.3 Å². The molecule has 2 N–H and O–H groups in total. The van der Waals surface area contributed by atoms with E-state index in [2.05, 4.69) is 37.9 Å². The number of carbonyl (C=O) groups excluding carboxylic acids is 1. The Hall–Kier alpha value is -3.16. The molecule has 168 valence electrons. The Kier molecular flexibility index (Phi) is 6.54. The number of allylic oxidation sites excluding steroid dienone is 3. The third-order valence-electron chi connectivity index (χ3n) is 5.49. The van der Waals surface area contributed by atoms with Crippen LogP contribution in [0.1, 0.15) is 36.3 Å². The Bertz CT molecular complexity index is 1240. The van der Waals surface area contributed by atoms with Gasteiger partial charge in [0, 0.05) is 30.5 Å². The number of nitro groups is 1. The fourth-order valence-electron chi connectivity index (χ4n) is 3.94. The standard InChI is InChI=1S/C23H17Br2N3O5/c24-16-8-13(20-15(10-26)23(27)33-19-3-1-2-18(29)21(19)20)9-17(25)22(16)32-11-12-4-6-14(7-5-12)28(30)31/h4-9,20H,1-3,11,27H2/t20-/m0/s1. The monoisotopic (exact) mass is 573 g/mol. The maximum absolute atomic E-state index is 12.7. The molecule has 1 aliphatic heterocycles. The minimum absolute atomic E-state index is 0.00786. The minimum Gasteiger partial charge on any atom is -0.487 e. The quantitative estimate of drug-likeness (QED) is 0.368. The Morgan fingerprint density at radius 1 is 1.21 bits per heavy atom. The smallest absolute Gasteiger partial charge is 0.269 e. The lowest BCUT2D eigenvalue weighted by Gasteiger charge is -2.31. The van der Waals surface area contributed by atoms with Crippen LogP contribution in [0.2, 0.25) is 0 Å². The van der Waals surface area contributed by atoms with Gasteiger partial charge in [-0.15, -0.1) is 0 Å². The van der Waals surface area contributed by atoms with Gasteiger partial charge < -0.3 is 15.2 Å². The van der Waals surface area contributed by atoms with Crippen LogP contribution in [0.5, 0.6) is 5.75 Å². The van der Waals surface area contributed by atoms with Gasteiger partial charge in [-0.05, 0) is 73.7 Å². The Labute approximate surface area is 206 Å². The lowest BCUT2D eigenvalue weighted by Crippen LogP contribution is -2.27. The van der Waals surface area contributed by atoms with E-state index in [1.807, 2.05) is 0 Å². The molecular formula is C23H17Br2N3O5. The third kappa shape index (κ3) is 4.51. The van der Waals surface area contributed by atoms with Crippen LogP contribution in [0.4, 0.5) is 5.69 Å². The van der Waals surface area contributed by atoms with E-state index in [4.69, 9.17) is 15.2 Å². The highest BCUT2D eigenvalue weighted by Crippen LogP contribution is 2.46. The van der Waals surface area contributed by atoms with Gasteiger partial charge in [0.2, 0.25) is 5.88 Å². The van der Waals surface area contributed by atoms with Gasteiger partial charge in [0.25, 0.3) is 5.69 Å². The number of ether oxygens (including phenoxy) is 2. The lowest BCUT2D eigenvalue weighted by molar-refractivity contribution is -0.384. The van der Waals surface area contributed by atoms with Crippen LogP contribution in [-0.4, -0.2) is 10.7 Å². The van der Waals surface area contributed by atoms with Gasteiger partial charge >= 0.3 is 0 Å². The second kappa shape index (κ2) is 9.37. The van der Waals surface area contributed by atoms with Gasteiger partial charge in [-0.1, -0.05) is 0 Å². The molecule has 10 heteroatoms. The van der Waals surface area contributed by atoms with Crippen LogP contribution in [-0.2, 0) is 16.1 Å². The number of benzene rings is 2. The summed E-state index contributed by atoms with van der Waals surface area (Å²) in [4.78, 5) is 23.1. The molecule has 0 radical (unpaired) electrons. The average molecular weight is 575 g/mol. The highest BCUT2D eigenvalue weighted by atomic mass is 79.9. The van der Waals surface area contributed by atoms with Gasteiger partial charge in [-0.25, -0.2) is 0 Å². The highest BCUT2D eigenvalue weighted by molar-refractivity contribution is 9.11. The molecule has 0 amide bonds. The van der Waals surface area contributed by atoms with Crippen LogP contribution in [0, 0.1) is 21.4 Å². The van der Waals surface area contributed by atoms with Crippen molar-refractivity contribution in [3.8, 4) is 11.8 Å². The first kappa shape index (κ1) is 23.0. The van der Waals surface area contributed by atoms with Crippen molar-refractivity contribution in [3.05, 3.63) is 89.4 Å². The zero-order valence-corrected chi connectivity index (χ0v) is 20.3. The fraction of sp³-hybridized carbons (Fsp3) is 0.217. The van der Waals surface area contributed by atoms with E-state index in [0.29, 0.717) is 50.9 Å². The molecular weight excluding hydrogens is 558 g/mol. The van der Waals surface area contributed by atoms with Crippen LogP contribution in [0.15, 0.2) is 68.1 Å². The van der Waals surface area contributed by atoms with E-state index in [9.17, 15) is 20.2 Å². The average Bonchev–Trinajstić information content (AvgIpc) is 2.78. The summed E-state index contributed by atoms with van der Waals surface area (Å²) in [6.45, 7) is 0.190. The largest absolute Gasteiger partial charge is 0.487 e. The molecule has 0 bridgehead atoms. The molecule has 1 atom stereocenters. The summed E-state index contributed by atoms with van der Waals surface area (Å²) in [5, 5.41) is 20.6. The van der Waals surface area contributed by atoms with Gasteiger partial charge in [0.1, 0.15) is 29.8 Å². The number of carbonyl (C=O) groups is 1. The molecule has 0 fully saturated rings. The molecule has 2 aromatic rings. The number of nitrogens with zero attached hydrogens (tertiary/aromatic N) is 2. The Morgan fingerprint density at radius 2 is 1.88 bits per heavy atom. The van der Waals surface area contributed by atoms with Crippen LogP contribution in [0.25, 0.3) is 0 Å². The second-order valence-electron chi connectivity index (χ2n) is 7.56. The number of hydrogen-bond donors (Lipinski definition) is 1. The number of nitriles is 1. The number of hydrogen-bond acceptors (Lipinski definition) is 7. The van der Waals surface area contributed by atoms with Gasteiger partial charge in [0.15, 0.2) is 5.78 Å². The molecule has 4 rings (SSSR count). The van der Waals surface area contributed by atoms with Crippen molar-refractivity contribution in [3.63, 3.8) is 0 Å². The predicted molar refractivity (Wildman–Crippen MR) is 126 cm³/mol. The summed E-state index contributed by atoms with van der Waals surface area (Å²) < 4.78 is 12.8. The first-order valence-electron chi connectivity index (χ1n) is 9.99. The van der Waals surface area contributed by atoms with Crippen molar-refractivity contribution in [1.29, 1.82) is 5.26 Å². The maximum atomic E-state index is 12.7. The Morgan fingerprint density at radius 3 is 2.48 bits per heavy atom. The minimum atomic E-state index is -0.622.